The van der Waals surface area contributed by atoms with E-state index in [-0.39, 0.29) is 0 Å². The van der Waals surface area contributed by atoms with Crippen molar-refractivity contribution in [1.82, 2.24) is 14.1 Å². The van der Waals surface area contributed by atoms with E-state index in [9.17, 15) is 15.8 Å². The summed E-state index contributed by atoms with van der Waals surface area (Å²) in [5, 5.41) is 33.1. The summed E-state index contributed by atoms with van der Waals surface area (Å²) in [6.45, 7) is 0. The molecule has 0 saturated heterocycles. The number of benzene rings is 7. The number of nitriles is 3. The second-order valence-electron chi connectivity index (χ2n) is 13.8. The predicted molar refractivity (Wildman–Crippen MR) is 223 cm³/mol. The molecule has 0 aliphatic rings. The fourth-order valence-corrected chi connectivity index (χ4v) is 7.97. The third-order valence-electron chi connectivity index (χ3n) is 10.6. The van der Waals surface area contributed by atoms with Gasteiger partial charge in [0.1, 0.15) is 0 Å². The lowest BCUT2D eigenvalue weighted by Crippen LogP contribution is -1.97. The molecule has 0 saturated carbocycles. The molecule has 6 nitrogen and oxygen atoms in total. The molecule has 0 bridgehead atoms. The Kier molecular flexibility index (Phi) is 7.53. The normalized spacial score (nSPS) is 11.2. The Balaban J connectivity index is 1.23. The maximum atomic E-state index is 9.83. The van der Waals surface area contributed by atoms with Crippen LogP contribution in [0, 0.1) is 34.0 Å². The molecule has 0 atom stereocenters. The van der Waals surface area contributed by atoms with Crippen LogP contribution in [0.25, 0.3) is 88.6 Å². The smallest absolute Gasteiger partial charge is 0.0991 e. The summed E-state index contributed by atoms with van der Waals surface area (Å²) in [6, 6.07) is 64.0. The first-order valence-electron chi connectivity index (χ1n) is 18.2. The number of fused-ring (bicyclic) bond motifs is 6. The van der Waals surface area contributed by atoms with Crippen LogP contribution in [-0.4, -0.2) is 14.1 Å². The van der Waals surface area contributed by atoms with Crippen LogP contribution in [0.5, 0.6) is 0 Å². The van der Waals surface area contributed by atoms with E-state index in [0.29, 0.717) is 16.7 Å². The quantitative estimate of drug-likeness (QED) is 0.177. The van der Waals surface area contributed by atoms with Crippen LogP contribution in [0.2, 0.25) is 0 Å². The van der Waals surface area contributed by atoms with Crippen LogP contribution in [0.15, 0.2) is 170 Å². The lowest BCUT2D eigenvalue weighted by Gasteiger charge is -2.15. The molecular formula is C50H28N6. The van der Waals surface area contributed by atoms with E-state index in [0.717, 1.165) is 83.2 Å². The molecule has 10 rings (SSSR count). The van der Waals surface area contributed by atoms with Gasteiger partial charge in [0.05, 0.1) is 68.4 Å². The van der Waals surface area contributed by atoms with Gasteiger partial charge < -0.3 is 9.13 Å². The molecule has 0 unspecified atom stereocenters. The van der Waals surface area contributed by atoms with Crippen LogP contribution in [0.3, 0.4) is 0 Å². The lowest BCUT2D eigenvalue weighted by molar-refractivity contribution is 1.18. The van der Waals surface area contributed by atoms with Crippen molar-refractivity contribution in [1.29, 1.82) is 15.8 Å². The Labute approximate surface area is 322 Å². The number of hydrogen-bond acceptors (Lipinski definition) is 4. The molecular weight excluding hydrogens is 685 g/mol. The van der Waals surface area contributed by atoms with Crippen LogP contribution >= 0.6 is 0 Å². The summed E-state index contributed by atoms with van der Waals surface area (Å²) >= 11 is 0. The fraction of sp³-hybridized carbons (Fsp3) is 0. The van der Waals surface area contributed by atoms with E-state index in [1.165, 1.54) is 5.39 Å². The minimum atomic E-state index is 0.556. The molecule has 0 aliphatic carbocycles. The molecule has 0 amide bonds. The number of pyridine rings is 1. The molecule has 0 spiro atoms. The van der Waals surface area contributed by atoms with Gasteiger partial charge in [0.25, 0.3) is 0 Å². The maximum Gasteiger partial charge on any atom is 0.0991 e. The van der Waals surface area contributed by atoms with Gasteiger partial charge in [-0.3, -0.25) is 0 Å². The van der Waals surface area contributed by atoms with Crippen molar-refractivity contribution >= 4 is 43.6 Å². The molecule has 6 heteroatoms. The molecule has 258 valence electrons. The van der Waals surface area contributed by atoms with E-state index in [2.05, 4.69) is 112 Å². The number of hydrogen-bond donors (Lipinski definition) is 0. The zero-order valence-corrected chi connectivity index (χ0v) is 29.8. The lowest BCUT2D eigenvalue weighted by atomic mass is 9.98. The molecule has 0 radical (unpaired) electrons. The number of nitrogens with zero attached hydrogens (tertiary/aromatic N) is 6. The summed E-state index contributed by atoms with van der Waals surface area (Å²) in [4.78, 5) is 5.16. The zero-order chi connectivity index (χ0) is 37.8. The molecule has 0 fully saturated rings. The number of rotatable bonds is 5. The second-order valence-corrected chi connectivity index (χ2v) is 13.8. The van der Waals surface area contributed by atoms with Crippen molar-refractivity contribution in [3.05, 3.63) is 187 Å². The SMILES string of the molecule is N#Cc1ccc(-c2cccc(-c3cc(-c4ccc5c(c4)c4ccccc4n5-c4ccccc4)cc(-n4c5ccc(C#N)cc5c5cc(C#N)ccc54)c3)n2)cc1. The first-order chi connectivity index (χ1) is 27.6. The van der Waals surface area contributed by atoms with Crippen LogP contribution < -0.4 is 0 Å². The van der Waals surface area contributed by atoms with Gasteiger partial charge in [-0.2, -0.15) is 15.8 Å². The highest BCUT2D eigenvalue weighted by Gasteiger charge is 2.18. The van der Waals surface area contributed by atoms with Gasteiger partial charge in [0.15, 0.2) is 0 Å². The molecule has 3 heterocycles. The largest absolute Gasteiger partial charge is 0.309 e. The average Bonchev–Trinajstić information content (AvgIpc) is 3.78. The Bertz CT molecular complexity index is 3260. The Morgan fingerprint density at radius 1 is 0.339 bits per heavy atom. The summed E-state index contributed by atoms with van der Waals surface area (Å²) in [6.07, 6.45) is 0. The summed E-state index contributed by atoms with van der Waals surface area (Å²) in [5.74, 6) is 0. The van der Waals surface area contributed by atoms with Crippen LogP contribution in [0.1, 0.15) is 16.7 Å². The van der Waals surface area contributed by atoms with Gasteiger partial charge in [0.2, 0.25) is 0 Å². The van der Waals surface area contributed by atoms with Crippen molar-refractivity contribution < 1.29 is 0 Å². The Morgan fingerprint density at radius 2 is 0.857 bits per heavy atom. The molecule has 7 aromatic carbocycles. The monoisotopic (exact) mass is 712 g/mol. The van der Waals surface area contributed by atoms with E-state index < -0.39 is 0 Å². The molecule has 0 N–H and O–H groups in total. The van der Waals surface area contributed by atoms with Gasteiger partial charge in [0, 0.05) is 44.0 Å². The molecule has 56 heavy (non-hydrogen) atoms. The van der Waals surface area contributed by atoms with Crippen molar-refractivity contribution in [3.8, 4) is 63.2 Å². The predicted octanol–water partition coefficient (Wildman–Crippen LogP) is 11.9. The topological polar surface area (TPSA) is 94.1 Å². The number of aromatic nitrogens is 3. The van der Waals surface area contributed by atoms with Gasteiger partial charge in [-0.05, 0) is 120 Å². The minimum Gasteiger partial charge on any atom is -0.309 e. The third kappa shape index (κ3) is 5.28. The van der Waals surface area contributed by atoms with Crippen molar-refractivity contribution in [2.24, 2.45) is 0 Å². The zero-order valence-electron chi connectivity index (χ0n) is 29.8. The highest BCUT2D eigenvalue weighted by molar-refractivity contribution is 6.11. The summed E-state index contributed by atoms with van der Waals surface area (Å²) in [5.41, 5.74) is 13.4. The first-order valence-corrected chi connectivity index (χ1v) is 18.2. The van der Waals surface area contributed by atoms with Crippen LogP contribution in [0.4, 0.5) is 0 Å². The summed E-state index contributed by atoms with van der Waals surface area (Å²) in [7, 11) is 0. The van der Waals surface area contributed by atoms with Gasteiger partial charge in [-0.25, -0.2) is 4.98 Å². The van der Waals surface area contributed by atoms with Crippen molar-refractivity contribution in [2.45, 2.75) is 0 Å². The van der Waals surface area contributed by atoms with Gasteiger partial charge in [-0.1, -0.05) is 60.7 Å². The van der Waals surface area contributed by atoms with Crippen molar-refractivity contribution in [2.75, 3.05) is 0 Å². The highest BCUT2D eigenvalue weighted by Crippen LogP contribution is 2.39. The van der Waals surface area contributed by atoms with E-state index in [1.54, 1.807) is 0 Å². The second kappa shape index (κ2) is 13.0. The van der Waals surface area contributed by atoms with Gasteiger partial charge >= 0.3 is 0 Å². The average molecular weight is 713 g/mol. The highest BCUT2D eigenvalue weighted by atomic mass is 15.0. The third-order valence-corrected chi connectivity index (χ3v) is 10.6. The van der Waals surface area contributed by atoms with E-state index >= 15 is 0 Å². The standard InChI is InChI=1S/C50H28N6/c51-29-32-13-17-35(18-14-32)45-10-6-11-46(54-45)38-25-37(36-19-22-50-44(28-36)41-9-4-5-12-47(41)55(50)39-7-2-1-3-8-39)26-40(27-38)56-48-20-15-33(30-52)23-42(48)43-24-34(31-53)16-21-49(43)56/h1-28H. The summed E-state index contributed by atoms with van der Waals surface area (Å²) < 4.78 is 4.53. The first kappa shape index (κ1) is 32.4. The van der Waals surface area contributed by atoms with E-state index in [1.807, 2.05) is 84.9 Å². The maximum absolute atomic E-state index is 9.83. The molecule has 0 aliphatic heterocycles. The van der Waals surface area contributed by atoms with Crippen molar-refractivity contribution in [3.63, 3.8) is 0 Å². The Morgan fingerprint density at radius 3 is 1.54 bits per heavy atom. The molecule has 10 aromatic rings. The van der Waals surface area contributed by atoms with Gasteiger partial charge in [-0.15, -0.1) is 0 Å². The van der Waals surface area contributed by atoms with E-state index in [4.69, 9.17) is 4.98 Å². The Hall–Kier alpha value is -8.24. The molecule has 3 aromatic heterocycles. The fourth-order valence-electron chi connectivity index (χ4n) is 7.97. The minimum absolute atomic E-state index is 0.556. The van der Waals surface area contributed by atoms with Crippen LogP contribution in [-0.2, 0) is 0 Å². The number of para-hydroxylation sites is 2.